The van der Waals surface area contributed by atoms with Gasteiger partial charge in [0.1, 0.15) is 17.1 Å². The van der Waals surface area contributed by atoms with Gasteiger partial charge < -0.3 is 19.8 Å². The number of rotatable bonds is 6. The molecule has 9 heteroatoms. The van der Waals surface area contributed by atoms with Crippen LogP contribution in [0.3, 0.4) is 0 Å². The fourth-order valence-corrected chi connectivity index (χ4v) is 2.96. The fraction of sp³-hybridized carbons (Fsp3) is 0.304. The zero-order chi connectivity index (χ0) is 23.3. The van der Waals surface area contributed by atoms with Crippen LogP contribution in [0.2, 0.25) is 0 Å². The number of ether oxygens (including phenoxy) is 2. The second-order valence-electron chi connectivity index (χ2n) is 8.16. The minimum Gasteiger partial charge on any atom is -0.469 e. The highest BCUT2D eigenvalue weighted by atomic mass is 16.6. The summed E-state index contributed by atoms with van der Waals surface area (Å²) in [6.45, 7) is 5.35. The molecule has 0 radical (unpaired) electrons. The molecule has 168 valence electrons. The summed E-state index contributed by atoms with van der Waals surface area (Å²) in [5.74, 6) is -0.00240. The predicted octanol–water partition coefficient (Wildman–Crippen LogP) is 3.97. The highest BCUT2D eigenvalue weighted by Gasteiger charge is 2.18. The molecule has 0 unspecified atom stereocenters. The number of carbonyl (C=O) groups is 2. The molecule has 0 saturated heterocycles. The Bertz CT molecular complexity index is 1100. The highest BCUT2D eigenvalue weighted by molar-refractivity contribution is 5.84. The number of aryl methyl sites for hydroxylation is 1. The third-order valence-corrected chi connectivity index (χ3v) is 4.45. The Kier molecular flexibility index (Phi) is 6.77. The van der Waals surface area contributed by atoms with E-state index in [1.165, 1.54) is 7.11 Å². The lowest BCUT2D eigenvalue weighted by Crippen LogP contribution is -2.27. The molecule has 1 amide bonds. The Labute approximate surface area is 186 Å². The van der Waals surface area contributed by atoms with Gasteiger partial charge in [-0.15, -0.1) is 0 Å². The highest BCUT2D eigenvalue weighted by Crippen LogP contribution is 2.25. The van der Waals surface area contributed by atoms with Crippen LogP contribution < -0.4 is 11.1 Å². The van der Waals surface area contributed by atoms with E-state index in [2.05, 4.69) is 15.3 Å². The largest absolute Gasteiger partial charge is 0.469 e. The van der Waals surface area contributed by atoms with Crippen LogP contribution in [0.4, 0.5) is 16.3 Å². The summed E-state index contributed by atoms with van der Waals surface area (Å²) in [6.07, 6.45) is 3.50. The predicted molar refractivity (Wildman–Crippen MR) is 121 cm³/mol. The maximum atomic E-state index is 12.2. The van der Waals surface area contributed by atoms with Crippen LogP contribution in [-0.2, 0) is 20.7 Å². The number of nitrogens with one attached hydrogen (secondary N) is 1. The van der Waals surface area contributed by atoms with Crippen molar-refractivity contribution in [3.63, 3.8) is 0 Å². The van der Waals surface area contributed by atoms with Crippen molar-refractivity contribution in [2.75, 3.05) is 18.2 Å². The van der Waals surface area contributed by atoms with Gasteiger partial charge in [0.05, 0.1) is 19.1 Å². The summed E-state index contributed by atoms with van der Waals surface area (Å²) in [4.78, 5) is 32.9. The number of amides is 1. The standard InChI is InChI=1S/C23H27N5O4/c1-23(2,3)32-22(30)27-19-11-5-15(6-12-20(29)31-4)21(26-19)18-13-28(14-25-18)17-9-7-16(24)8-10-17/h5,7-11,13-14H,6,12,24H2,1-4H3,(H,26,27,30). The van der Waals surface area contributed by atoms with Gasteiger partial charge in [-0.3, -0.25) is 10.1 Å². The average molecular weight is 438 g/mol. The van der Waals surface area contributed by atoms with E-state index in [0.717, 1.165) is 11.3 Å². The molecule has 0 aliphatic rings. The molecule has 0 aliphatic heterocycles. The molecule has 3 rings (SSSR count). The third kappa shape index (κ3) is 6.07. The first-order valence-electron chi connectivity index (χ1n) is 10.1. The van der Waals surface area contributed by atoms with E-state index >= 15 is 0 Å². The van der Waals surface area contributed by atoms with Crippen molar-refractivity contribution in [1.82, 2.24) is 14.5 Å². The van der Waals surface area contributed by atoms with Gasteiger partial charge in [-0.05, 0) is 63.1 Å². The SMILES string of the molecule is COC(=O)CCc1ccc(NC(=O)OC(C)(C)C)nc1-c1cn(-c2ccc(N)cc2)cn1. The Morgan fingerprint density at radius 3 is 2.50 bits per heavy atom. The summed E-state index contributed by atoms with van der Waals surface area (Å²) < 4.78 is 11.9. The van der Waals surface area contributed by atoms with Gasteiger partial charge in [0.2, 0.25) is 0 Å². The monoisotopic (exact) mass is 437 g/mol. The smallest absolute Gasteiger partial charge is 0.413 e. The first kappa shape index (κ1) is 22.8. The van der Waals surface area contributed by atoms with Crippen LogP contribution in [0.25, 0.3) is 17.1 Å². The number of carbonyl (C=O) groups excluding carboxylic acids is 2. The number of anilines is 2. The third-order valence-electron chi connectivity index (χ3n) is 4.45. The minimum absolute atomic E-state index is 0.197. The van der Waals surface area contributed by atoms with E-state index in [1.807, 2.05) is 22.9 Å². The minimum atomic E-state index is -0.634. The van der Waals surface area contributed by atoms with Gasteiger partial charge in [-0.1, -0.05) is 6.07 Å². The van der Waals surface area contributed by atoms with Crippen LogP contribution in [0.1, 0.15) is 32.8 Å². The zero-order valence-corrected chi connectivity index (χ0v) is 18.6. The van der Waals surface area contributed by atoms with Crippen molar-refractivity contribution >= 4 is 23.6 Å². The van der Waals surface area contributed by atoms with Gasteiger partial charge in [-0.2, -0.15) is 0 Å². The fourth-order valence-electron chi connectivity index (χ4n) is 2.96. The van der Waals surface area contributed by atoms with Gasteiger partial charge >= 0.3 is 12.1 Å². The normalized spacial score (nSPS) is 11.1. The molecule has 0 bridgehead atoms. The van der Waals surface area contributed by atoms with Crippen molar-refractivity contribution in [2.24, 2.45) is 0 Å². The van der Waals surface area contributed by atoms with Gasteiger partial charge in [-0.25, -0.2) is 14.8 Å². The second-order valence-corrected chi connectivity index (χ2v) is 8.16. The summed E-state index contributed by atoms with van der Waals surface area (Å²) in [6, 6.07) is 10.8. The van der Waals surface area contributed by atoms with Crippen LogP contribution in [-0.4, -0.2) is 39.3 Å². The molecule has 2 aromatic heterocycles. The molecule has 0 aliphatic carbocycles. The second kappa shape index (κ2) is 9.51. The van der Waals surface area contributed by atoms with Crippen LogP contribution in [0.5, 0.6) is 0 Å². The topological polar surface area (TPSA) is 121 Å². The van der Waals surface area contributed by atoms with E-state index in [9.17, 15) is 9.59 Å². The number of nitrogens with zero attached hydrogens (tertiary/aromatic N) is 3. The Morgan fingerprint density at radius 1 is 1.12 bits per heavy atom. The summed E-state index contributed by atoms with van der Waals surface area (Å²) in [7, 11) is 1.35. The van der Waals surface area contributed by atoms with E-state index in [4.69, 9.17) is 15.2 Å². The van der Waals surface area contributed by atoms with E-state index in [0.29, 0.717) is 29.3 Å². The van der Waals surface area contributed by atoms with E-state index in [1.54, 1.807) is 51.4 Å². The molecule has 0 saturated carbocycles. The van der Waals surface area contributed by atoms with E-state index < -0.39 is 11.7 Å². The molecule has 1 aromatic carbocycles. The maximum Gasteiger partial charge on any atom is 0.413 e. The number of pyridine rings is 1. The number of benzene rings is 1. The molecule has 3 N–H and O–H groups in total. The molecule has 0 atom stereocenters. The molecule has 2 heterocycles. The van der Waals surface area contributed by atoms with Crippen molar-refractivity contribution in [3.8, 4) is 17.1 Å². The Balaban J connectivity index is 1.92. The molecule has 0 fully saturated rings. The number of methoxy groups -OCH3 is 1. The number of esters is 1. The van der Waals surface area contributed by atoms with Gasteiger partial charge in [0.25, 0.3) is 0 Å². The number of hydrogen-bond acceptors (Lipinski definition) is 7. The number of imidazole rings is 1. The van der Waals surface area contributed by atoms with Crippen LogP contribution in [0, 0.1) is 0 Å². The van der Waals surface area contributed by atoms with Crippen molar-refractivity contribution < 1.29 is 19.1 Å². The summed E-state index contributed by atoms with van der Waals surface area (Å²) >= 11 is 0. The Hall–Kier alpha value is -3.88. The lowest BCUT2D eigenvalue weighted by Gasteiger charge is -2.19. The molecular weight excluding hydrogens is 410 g/mol. The first-order chi connectivity index (χ1) is 15.1. The molecular formula is C23H27N5O4. The van der Waals surface area contributed by atoms with Gasteiger partial charge in [0, 0.05) is 24.0 Å². The van der Waals surface area contributed by atoms with Crippen LogP contribution in [0.15, 0.2) is 48.9 Å². The number of nitrogen functional groups attached to an aromatic ring is 1. The molecule has 0 spiro atoms. The summed E-state index contributed by atoms with van der Waals surface area (Å²) in [5, 5.41) is 2.64. The number of nitrogens with two attached hydrogens (primary N) is 1. The van der Waals surface area contributed by atoms with Crippen molar-refractivity contribution in [2.45, 2.75) is 39.2 Å². The zero-order valence-electron chi connectivity index (χ0n) is 18.6. The van der Waals surface area contributed by atoms with Crippen molar-refractivity contribution in [1.29, 1.82) is 0 Å². The van der Waals surface area contributed by atoms with Crippen molar-refractivity contribution in [3.05, 3.63) is 54.5 Å². The Morgan fingerprint density at radius 2 is 1.84 bits per heavy atom. The first-order valence-corrected chi connectivity index (χ1v) is 10.1. The number of hydrogen-bond donors (Lipinski definition) is 2. The maximum absolute atomic E-state index is 12.2. The lowest BCUT2D eigenvalue weighted by atomic mass is 10.1. The van der Waals surface area contributed by atoms with Crippen LogP contribution >= 0.6 is 0 Å². The lowest BCUT2D eigenvalue weighted by molar-refractivity contribution is -0.140. The molecule has 9 nitrogen and oxygen atoms in total. The quantitative estimate of drug-likeness (QED) is 0.442. The average Bonchev–Trinajstić information content (AvgIpc) is 3.21. The number of aromatic nitrogens is 3. The van der Waals surface area contributed by atoms with E-state index in [-0.39, 0.29) is 12.4 Å². The molecule has 32 heavy (non-hydrogen) atoms. The summed E-state index contributed by atoms with van der Waals surface area (Å²) in [5.41, 5.74) is 8.63. The van der Waals surface area contributed by atoms with Gasteiger partial charge in [0.15, 0.2) is 0 Å². The molecule has 3 aromatic rings.